The van der Waals surface area contributed by atoms with Gasteiger partial charge in [-0.1, -0.05) is 29.3 Å². The van der Waals surface area contributed by atoms with Crippen molar-refractivity contribution in [3.63, 3.8) is 0 Å². The van der Waals surface area contributed by atoms with Gasteiger partial charge in [0.25, 0.3) is 11.1 Å². The van der Waals surface area contributed by atoms with E-state index in [0.29, 0.717) is 20.5 Å². The molecule has 0 unspecified atom stereocenters. The van der Waals surface area contributed by atoms with Crippen LogP contribution in [-0.4, -0.2) is 31.7 Å². The molecule has 4 rings (SSSR count). The lowest BCUT2D eigenvalue weighted by atomic mass is 10.2. The molecule has 2 aromatic carbocycles. The van der Waals surface area contributed by atoms with Crippen LogP contribution in [0.1, 0.15) is 32.9 Å². The lowest BCUT2D eigenvalue weighted by Gasteiger charge is -2.13. The van der Waals surface area contributed by atoms with E-state index in [4.69, 9.17) is 28.3 Å². The second-order valence-corrected chi connectivity index (χ2v) is 9.34. The van der Waals surface area contributed by atoms with Crippen molar-refractivity contribution in [1.29, 1.82) is 0 Å². The standard InChI is InChI=1S/C24H18Cl2N2O4S/c1-13-9-17(14(2)28(13)18-6-4-16(5-7-18)23(30)31)11-21-22(29)27(24(32)33-21)12-15-3-8-19(25)20(26)10-15/h3-11H,12H2,1-2H3,(H,30,31). The number of carboxylic acids is 1. The number of rotatable bonds is 5. The van der Waals surface area contributed by atoms with Crippen molar-refractivity contribution in [3.8, 4) is 5.69 Å². The number of carbonyl (C=O) groups excluding carboxylic acids is 2. The summed E-state index contributed by atoms with van der Waals surface area (Å²) in [5.41, 5.74) is 4.30. The number of benzene rings is 2. The van der Waals surface area contributed by atoms with Gasteiger partial charge in [-0.15, -0.1) is 0 Å². The van der Waals surface area contributed by atoms with Crippen LogP contribution in [0.25, 0.3) is 11.8 Å². The zero-order valence-electron chi connectivity index (χ0n) is 17.6. The highest BCUT2D eigenvalue weighted by Gasteiger charge is 2.35. The fourth-order valence-electron chi connectivity index (χ4n) is 3.68. The summed E-state index contributed by atoms with van der Waals surface area (Å²) in [6, 6.07) is 13.5. The van der Waals surface area contributed by atoms with Crippen molar-refractivity contribution >= 4 is 58.2 Å². The van der Waals surface area contributed by atoms with Gasteiger partial charge in [0.05, 0.1) is 27.1 Å². The van der Waals surface area contributed by atoms with Gasteiger partial charge in [-0.25, -0.2) is 4.79 Å². The molecule has 0 aliphatic carbocycles. The van der Waals surface area contributed by atoms with Crippen molar-refractivity contribution in [1.82, 2.24) is 9.47 Å². The maximum atomic E-state index is 12.9. The third-order valence-electron chi connectivity index (χ3n) is 5.33. The number of nitrogens with zero attached hydrogens (tertiary/aromatic N) is 2. The van der Waals surface area contributed by atoms with Crippen LogP contribution in [0.5, 0.6) is 0 Å². The molecule has 1 saturated heterocycles. The molecule has 1 aliphatic heterocycles. The van der Waals surface area contributed by atoms with Gasteiger partial charge in [0.2, 0.25) is 0 Å². The highest BCUT2D eigenvalue weighted by molar-refractivity contribution is 8.18. The number of halogens is 2. The van der Waals surface area contributed by atoms with Gasteiger partial charge in [0.1, 0.15) is 0 Å². The Balaban J connectivity index is 1.61. The second-order valence-electron chi connectivity index (χ2n) is 7.53. The molecule has 0 spiro atoms. The molecule has 1 aliphatic rings. The number of hydrogen-bond donors (Lipinski definition) is 1. The molecule has 1 fully saturated rings. The minimum absolute atomic E-state index is 0.105. The number of carboxylic acid groups (broad SMARTS) is 1. The number of carbonyl (C=O) groups is 3. The Hall–Kier alpha value is -3.00. The minimum atomic E-state index is -0.986. The summed E-state index contributed by atoms with van der Waals surface area (Å²) in [6.45, 7) is 3.93. The van der Waals surface area contributed by atoms with E-state index in [1.165, 1.54) is 4.90 Å². The zero-order valence-corrected chi connectivity index (χ0v) is 20.0. The van der Waals surface area contributed by atoms with Crippen LogP contribution in [0.15, 0.2) is 53.4 Å². The van der Waals surface area contributed by atoms with Gasteiger partial charge in [-0.3, -0.25) is 14.5 Å². The Labute approximate surface area is 204 Å². The van der Waals surface area contributed by atoms with Crippen molar-refractivity contribution in [2.75, 3.05) is 0 Å². The first-order valence-corrected chi connectivity index (χ1v) is 11.4. The van der Waals surface area contributed by atoms with E-state index in [1.54, 1.807) is 48.5 Å². The predicted octanol–water partition coefficient (Wildman–Crippen LogP) is 6.34. The van der Waals surface area contributed by atoms with E-state index in [1.807, 2.05) is 24.5 Å². The Bertz CT molecular complexity index is 1330. The summed E-state index contributed by atoms with van der Waals surface area (Å²) < 4.78 is 1.97. The van der Waals surface area contributed by atoms with Gasteiger partial charge in [-0.2, -0.15) is 0 Å². The number of thioether (sulfide) groups is 1. The third kappa shape index (κ3) is 4.57. The molecule has 9 heteroatoms. The number of aromatic carboxylic acids is 1. The molecule has 168 valence electrons. The molecular formula is C24H18Cl2N2O4S. The summed E-state index contributed by atoms with van der Waals surface area (Å²) in [5.74, 6) is -1.36. The number of imide groups is 1. The second kappa shape index (κ2) is 9.09. The van der Waals surface area contributed by atoms with Gasteiger partial charge >= 0.3 is 5.97 Å². The first kappa shape index (κ1) is 23.2. The monoisotopic (exact) mass is 500 g/mol. The fourth-order valence-corrected chi connectivity index (χ4v) is 4.83. The van der Waals surface area contributed by atoms with Crippen LogP contribution in [-0.2, 0) is 11.3 Å². The number of aromatic nitrogens is 1. The Morgan fingerprint density at radius 2 is 1.73 bits per heavy atom. The number of aryl methyl sites for hydroxylation is 1. The summed E-state index contributed by atoms with van der Waals surface area (Å²) >= 11 is 12.9. The predicted molar refractivity (Wildman–Crippen MR) is 130 cm³/mol. The molecule has 0 saturated carbocycles. The molecule has 33 heavy (non-hydrogen) atoms. The zero-order chi connectivity index (χ0) is 23.9. The largest absolute Gasteiger partial charge is 0.478 e. The van der Waals surface area contributed by atoms with Crippen molar-refractivity contribution in [2.45, 2.75) is 20.4 Å². The van der Waals surface area contributed by atoms with Crippen LogP contribution < -0.4 is 0 Å². The van der Waals surface area contributed by atoms with Crippen LogP contribution in [0.2, 0.25) is 10.0 Å². The lowest BCUT2D eigenvalue weighted by molar-refractivity contribution is -0.123. The quantitative estimate of drug-likeness (QED) is 0.413. The van der Waals surface area contributed by atoms with Crippen LogP contribution in [0, 0.1) is 13.8 Å². The molecule has 3 aromatic rings. The smallest absolute Gasteiger partial charge is 0.335 e. The average Bonchev–Trinajstić information content (AvgIpc) is 3.20. The van der Waals surface area contributed by atoms with E-state index >= 15 is 0 Å². The maximum Gasteiger partial charge on any atom is 0.335 e. The lowest BCUT2D eigenvalue weighted by Crippen LogP contribution is -2.27. The van der Waals surface area contributed by atoms with E-state index in [-0.39, 0.29) is 23.3 Å². The topological polar surface area (TPSA) is 79.6 Å². The normalized spacial score (nSPS) is 15.0. The molecule has 0 atom stereocenters. The highest BCUT2D eigenvalue weighted by atomic mass is 35.5. The van der Waals surface area contributed by atoms with Gasteiger partial charge in [-0.05, 0) is 85.3 Å². The van der Waals surface area contributed by atoms with E-state index in [9.17, 15) is 14.4 Å². The Kier molecular flexibility index (Phi) is 6.38. The summed E-state index contributed by atoms with van der Waals surface area (Å²) in [7, 11) is 0. The molecule has 0 bridgehead atoms. The van der Waals surface area contributed by atoms with Crippen molar-refractivity contribution in [3.05, 3.63) is 91.6 Å². The number of amides is 2. The third-order valence-corrected chi connectivity index (χ3v) is 6.97. The molecule has 0 radical (unpaired) electrons. The molecule has 1 N–H and O–H groups in total. The summed E-state index contributed by atoms with van der Waals surface area (Å²) in [5, 5.41) is 9.53. The van der Waals surface area contributed by atoms with Gasteiger partial charge in [0.15, 0.2) is 0 Å². The fraction of sp³-hybridized carbons (Fsp3) is 0.125. The molecule has 1 aromatic heterocycles. The maximum absolute atomic E-state index is 12.9. The molecule has 6 nitrogen and oxygen atoms in total. The SMILES string of the molecule is Cc1cc(C=C2SC(=O)N(Cc3ccc(Cl)c(Cl)c3)C2=O)c(C)n1-c1ccc(C(=O)O)cc1. The van der Waals surface area contributed by atoms with E-state index < -0.39 is 5.97 Å². The summed E-state index contributed by atoms with van der Waals surface area (Å²) in [4.78, 5) is 38.1. The van der Waals surface area contributed by atoms with E-state index in [2.05, 4.69) is 0 Å². The highest BCUT2D eigenvalue weighted by Crippen LogP contribution is 2.35. The van der Waals surface area contributed by atoms with Crippen molar-refractivity contribution in [2.24, 2.45) is 0 Å². The molecule has 2 heterocycles. The first-order chi connectivity index (χ1) is 15.7. The Morgan fingerprint density at radius 3 is 2.36 bits per heavy atom. The molecular weight excluding hydrogens is 483 g/mol. The minimum Gasteiger partial charge on any atom is -0.478 e. The van der Waals surface area contributed by atoms with Gasteiger partial charge in [0, 0.05) is 17.1 Å². The van der Waals surface area contributed by atoms with Crippen LogP contribution in [0.4, 0.5) is 4.79 Å². The average molecular weight is 501 g/mol. The summed E-state index contributed by atoms with van der Waals surface area (Å²) in [6.07, 6.45) is 1.71. The van der Waals surface area contributed by atoms with Crippen LogP contribution in [0.3, 0.4) is 0 Å². The van der Waals surface area contributed by atoms with Crippen LogP contribution >= 0.6 is 35.0 Å². The first-order valence-electron chi connectivity index (χ1n) is 9.87. The molecule has 2 amide bonds. The van der Waals surface area contributed by atoms with Crippen molar-refractivity contribution < 1.29 is 19.5 Å². The Morgan fingerprint density at radius 1 is 1.03 bits per heavy atom. The number of hydrogen-bond acceptors (Lipinski definition) is 4. The van der Waals surface area contributed by atoms with E-state index in [0.717, 1.165) is 34.4 Å². The van der Waals surface area contributed by atoms with Gasteiger partial charge < -0.3 is 9.67 Å².